The Hall–Kier alpha value is -2.12. The zero-order valence-electron chi connectivity index (χ0n) is 14.8. The van der Waals surface area contributed by atoms with Crippen molar-refractivity contribution >= 4 is 12.1 Å². The molecule has 0 bridgehead atoms. The molecular formula is C16H26N4O4. The molecule has 0 radical (unpaired) electrons. The van der Waals surface area contributed by atoms with E-state index in [9.17, 15) is 14.7 Å². The first-order valence-corrected chi connectivity index (χ1v) is 8.38. The summed E-state index contributed by atoms with van der Waals surface area (Å²) in [5.41, 5.74) is 0.192. The standard InChI is InChI=1S/C16H26N4O4/c1-5-6-12-13(14(21)22)17-18-20(12)11-7-9-19(10-8-11)15(23)24-16(2,3)4/h11H,5-10H2,1-4H3,(H,21,22). The Balaban J connectivity index is 2.05. The van der Waals surface area contributed by atoms with Gasteiger partial charge in [-0.2, -0.15) is 0 Å². The van der Waals surface area contributed by atoms with Crippen LogP contribution in [0.2, 0.25) is 0 Å². The molecule has 2 heterocycles. The van der Waals surface area contributed by atoms with E-state index in [1.807, 2.05) is 27.7 Å². The van der Waals surface area contributed by atoms with Crippen LogP contribution >= 0.6 is 0 Å². The molecule has 8 heteroatoms. The number of carboxylic acids is 1. The highest BCUT2D eigenvalue weighted by molar-refractivity contribution is 5.86. The van der Waals surface area contributed by atoms with Gasteiger partial charge in [0.15, 0.2) is 5.69 Å². The van der Waals surface area contributed by atoms with E-state index in [0.717, 1.165) is 6.42 Å². The predicted octanol–water partition coefficient (Wildman–Crippen LogP) is 2.50. The van der Waals surface area contributed by atoms with E-state index in [1.54, 1.807) is 9.58 Å². The van der Waals surface area contributed by atoms with Crippen molar-refractivity contribution in [1.82, 2.24) is 19.9 Å². The normalized spacial score (nSPS) is 16.2. The largest absolute Gasteiger partial charge is 0.476 e. The lowest BCUT2D eigenvalue weighted by molar-refractivity contribution is 0.0183. The number of aromatic nitrogens is 3. The van der Waals surface area contributed by atoms with Crippen LogP contribution in [0.25, 0.3) is 0 Å². The van der Waals surface area contributed by atoms with Crippen molar-refractivity contribution in [2.24, 2.45) is 0 Å². The molecule has 8 nitrogen and oxygen atoms in total. The summed E-state index contributed by atoms with van der Waals surface area (Å²) < 4.78 is 7.13. The van der Waals surface area contributed by atoms with E-state index in [0.29, 0.717) is 38.0 Å². The number of aromatic carboxylic acids is 1. The summed E-state index contributed by atoms with van der Waals surface area (Å²) in [6, 6.07) is 0.0610. The molecule has 134 valence electrons. The molecule has 0 atom stereocenters. The third-order valence-corrected chi connectivity index (χ3v) is 3.94. The molecule has 1 aliphatic heterocycles. The highest BCUT2D eigenvalue weighted by Crippen LogP contribution is 2.26. The van der Waals surface area contributed by atoms with Crippen LogP contribution in [0.5, 0.6) is 0 Å². The number of hydrogen-bond donors (Lipinski definition) is 1. The average molecular weight is 338 g/mol. The molecule has 1 fully saturated rings. The maximum Gasteiger partial charge on any atom is 0.410 e. The van der Waals surface area contributed by atoms with E-state index < -0.39 is 11.6 Å². The molecule has 0 unspecified atom stereocenters. The molecule has 2 rings (SSSR count). The van der Waals surface area contributed by atoms with E-state index in [2.05, 4.69) is 10.3 Å². The summed E-state index contributed by atoms with van der Waals surface area (Å²) >= 11 is 0. The predicted molar refractivity (Wildman–Crippen MR) is 87.1 cm³/mol. The van der Waals surface area contributed by atoms with Crippen LogP contribution in [0.15, 0.2) is 0 Å². The Morgan fingerprint density at radius 2 is 1.92 bits per heavy atom. The number of hydrogen-bond acceptors (Lipinski definition) is 5. The quantitative estimate of drug-likeness (QED) is 0.906. The molecule has 1 saturated heterocycles. The molecular weight excluding hydrogens is 312 g/mol. The second-order valence-corrected chi connectivity index (χ2v) is 7.08. The van der Waals surface area contributed by atoms with Crippen LogP contribution in [-0.2, 0) is 11.2 Å². The van der Waals surface area contributed by atoms with Gasteiger partial charge in [0.1, 0.15) is 5.60 Å². The number of nitrogens with zero attached hydrogens (tertiary/aromatic N) is 4. The van der Waals surface area contributed by atoms with E-state index >= 15 is 0 Å². The first kappa shape index (κ1) is 18.2. The molecule has 0 saturated carbocycles. The summed E-state index contributed by atoms with van der Waals surface area (Å²) in [5.74, 6) is -1.05. The lowest BCUT2D eigenvalue weighted by Crippen LogP contribution is -2.42. The molecule has 0 spiro atoms. The summed E-state index contributed by atoms with van der Waals surface area (Å²) in [5, 5.41) is 17.1. The van der Waals surface area contributed by atoms with Crippen molar-refractivity contribution in [2.75, 3.05) is 13.1 Å². The van der Waals surface area contributed by atoms with Gasteiger partial charge in [-0.25, -0.2) is 14.3 Å². The number of carbonyl (C=O) groups excluding carboxylic acids is 1. The minimum absolute atomic E-state index is 0.0337. The second-order valence-electron chi connectivity index (χ2n) is 7.08. The molecule has 0 aliphatic carbocycles. The number of piperidine rings is 1. The molecule has 1 aromatic rings. The van der Waals surface area contributed by atoms with Gasteiger partial charge in [0, 0.05) is 13.1 Å². The van der Waals surface area contributed by atoms with Crippen molar-refractivity contribution in [3.05, 3.63) is 11.4 Å². The van der Waals surface area contributed by atoms with Gasteiger partial charge >= 0.3 is 12.1 Å². The number of carbonyl (C=O) groups is 2. The first-order chi connectivity index (χ1) is 11.2. The molecule has 1 amide bonds. The van der Waals surface area contributed by atoms with Crippen LogP contribution < -0.4 is 0 Å². The SMILES string of the molecule is CCCc1c(C(=O)O)nnn1C1CCN(C(=O)OC(C)(C)C)CC1. The third-order valence-electron chi connectivity index (χ3n) is 3.94. The van der Waals surface area contributed by atoms with Crippen LogP contribution in [0.1, 0.15) is 69.2 Å². The van der Waals surface area contributed by atoms with E-state index in [1.165, 1.54) is 0 Å². The topological polar surface area (TPSA) is 97.5 Å². The lowest BCUT2D eigenvalue weighted by atomic mass is 10.0. The summed E-state index contributed by atoms with van der Waals surface area (Å²) in [7, 11) is 0. The molecule has 24 heavy (non-hydrogen) atoms. The van der Waals surface area contributed by atoms with Gasteiger partial charge < -0.3 is 14.7 Å². The van der Waals surface area contributed by atoms with Crippen LogP contribution in [0, 0.1) is 0 Å². The molecule has 1 aromatic heterocycles. The fourth-order valence-electron chi connectivity index (χ4n) is 2.86. The van der Waals surface area contributed by atoms with Crippen molar-refractivity contribution in [3.8, 4) is 0 Å². The average Bonchev–Trinajstić information content (AvgIpc) is 2.90. The first-order valence-electron chi connectivity index (χ1n) is 8.38. The van der Waals surface area contributed by atoms with Gasteiger partial charge in [-0.15, -0.1) is 5.10 Å². The Kier molecular flexibility index (Phi) is 5.46. The third kappa shape index (κ3) is 4.24. The van der Waals surface area contributed by atoms with Gasteiger partial charge in [0.2, 0.25) is 0 Å². The monoisotopic (exact) mass is 338 g/mol. The minimum Gasteiger partial charge on any atom is -0.476 e. The van der Waals surface area contributed by atoms with Crippen LogP contribution in [0.4, 0.5) is 4.79 Å². The number of amides is 1. The fourth-order valence-corrected chi connectivity index (χ4v) is 2.86. The molecule has 1 aliphatic rings. The van der Waals surface area contributed by atoms with E-state index in [4.69, 9.17) is 4.74 Å². The molecule has 1 N–H and O–H groups in total. The Morgan fingerprint density at radius 3 is 2.42 bits per heavy atom. The maximum atomic E-state index is 12.1. The van der Waals surface area contributed by atoms with Crippen LogP contribution in [-0.4, -0.2) is 55.8 Å². The van der Waals surface area contributed by atoms with Crippen molar-refractivity contribution in [1.29, 1.82) is 0 Å². The Morgan fingerprint density at radius 1 is 1.29 bits per heavy atom. The van der Waals surface area contributed by atoms with Crippen molar-refractivity contribution in [3.63, 3.8) is 0 Å². The van der Waals surface area contributed by atoms with Gasteiger partial charge in [-0.1, -0.05) is 18.6 Å². The number of rotatable bonds is 4. The number of likely N-dealkylation sites (tertiary alicyclic amines) is 1. The number of ether oxygens (including phenoxy) is 1. The number of carboxylic acid groups (broad SMARTS) is 1. The van der Waals surface area contributed by atoms with Gasteiger partial charge in [-0.3, -0.25) is 0 Å². The maximum absolute atomic E-state index is 12.1. The Bertz CT molecular complexity index is 598. The smallest absolute Gasteiger partial charge is 0.410 e. The van der Waals surface area contributed by atoms with Crippen LogP contribution in [0.3, 0.4) is 0 Å². The summed E-state index contributed by atoms with van der Waals surface area (Å²) in [6.45, 7) is 8.65. The van der Waals surface area contributed by atoms with E-state index in [-0.39, 0.29) is 17.8 Å². The van der Waals surface area contributed by atoms with Gasteiger partial charge in [-0.05, 0) is 40.0 Å². The zero-order chi connectivity index (χ0) is 17.9. The highest BCUT2D eigenvalue weighted by Gasteiger charge is 2.30. The lowest BCUT2D eigenvalue weighted by Gasteiger charge is -2.33. The minimum atomic E-state index is -1.05. The van der Waals surface area contributed by atoms with Crippen molar-refractivity contribution < 1.29 is 19.4 Å². The zero-order valence-corrected chi connectivity index (χ0v) is 14.8. The summed E-state index contributed by atoms with van der Waals surface area (Å²) in [6.07, 6.45) is 2.56. The summed E-state index contributed by atoms with van der Waals surface area (Å²) in [4.78, 5) is 25.1. The van der Waals surface area contributed by atoms with Crippen molar-refractivity contribution in [2.45, 2.75) is 65.0 Å². The molecule has 0 aromatic carbocycles. The van der Waals surface area contributed by atoms with Gasteiger partial charge in [0.05, 0.1) is 11.7 Å². The second kappa shape index (κ2) is 7.19. The Labute approximate surface area is 141 Å². The highest BCUT2D eigenvalue weighted by atomic mass is 16.6. The van der Waals surface area contributed by atoms with Gasteiger partial charge in [0.25, 0.3) is 0 Å². The fraction of sp³-hybridized carbons (Fsp3) is 0.750.